The van der Waals surface area contributed by atoms with Crippen LogP contribution in [0, 0.1) is 5.92 Å². The van der Waals surface area contributed by atoms with Gasteiger partial charge in [-0.3, -0.25) is 4.79 Å². The highest BCUT2D eigenvalue weighted by Crippen LogP contribution is 2.16. The van der Waals surface area contributed by atoms with Crippen molar-refractivity contribution in [1.82, 2.24) is 0 Å². The van der Waals surface area contributed by atoms with Crippen molar-refractivity contribution in [3.05, 3.63) is 34.9 Å². The third-order valence-corrected chi connectivity index (χ3v) is 4.64. The molecule has 0 spiro atoms. The molecule has 0 bridgehead atoms. The average molecular weight is 409 g/mol. The van der Waals surface area contributed by atoms with Crippen molar-refractivity contribution in [1.29, 1.82) is 0 Å². The van der Waals surface area contributed by atoms with Crippen molar-refractivity contribution in [2.24, 2.45) is 5.92 Å². The monoisotopic (exact) mass is 408 g/mol. The van der Waals surface area contributed by atoms with Gasteiger partial charge in [0.1, 0.15) is 0 Å². The van der Waals surface area contributed by atoms with Crippen molar-refractivity contribution in [3.8, 4) is 0 Å². The van der Waals surface area contributed by atoms with Gasteiger partial charge in [-0.15, -0.1) is 0 Å². The summed E-state index contributed by atoms with van der Waals surface area (Å²) in [6, 6.07) is 0. The van der Waals surface area contributed by atoms with Crippen LogP contribution in [0.25, 0.3) is 0 Å². The zero-order valence-corrected chi connectivity index (χ0v) is 18.7. The first-order chi connectivity index (χ1) is 13.7. The van der Waals surface area contributed by atoms with Crippen LogP contribution in [0.4, 0.5) is 0 Å². The Morgan fingerprint density at radius 3 is 2.00 bits per heavy atom. The number of esters is 3. The highest BCUT2D eigenvalue weighted by Gasteiger charge is 2.10. The molecule has 0 radical (unpaired) electrons. The summed E-state index contributed by atoms with van der Waals surface area (Å²) in [6.45, 7) is 5.80. The summed E-state index contributed by atoms with van der Waals surface area (Å²) in [5.74, 6) is -0.586. The first-order valence-corrected chi connectivity index (χ1v) is 9.99. The molecule has 0 rings (SSSR count). The van der Waals surface area contributed by atoms with E-state index in [1.807, 2.05) is 13.0 Å². The summed E-state index contributed by atoms with van der Waals surface area (Å²) in [6.07, 6.45) is 10.8. The zero-order chi connectivity index (χ0) is 22.2. The Morgan fingerprint density at radius 1 is 0.793 bits per heavy atom. The molecule has 0 saturated heterocycles. The Balaban J connectivity index is 4.56. The van der Waals surface area contributed by atoms with Crippen molar-refractivity contribution >= 4 is 17.9 Å². The van der Waals surface area contributed by atoms with Gasteiger partial charge in [-0.25, -0.2) is 9.59 Å². The highest BCUT2D eigenvalue weighted by atomic mass is 16.5. The minimum Gasteiger partial charge on any atom is -0.469 e. The van der Waals surface area contributed by atoms with Crippen molar-refractivity contribution in [2.45, 2.75) is 65.7 Å². The van der Waals surface area contributed by atoms with E-state index in [1.165, 1.54) is 26.9 Å². The maximum atomic E-state index is 12.0. The molecule has 1 unspecified atom stereocenters. The van der Waals surface area contributed by atoms with Crippen LogP contribution in [0.15, 0.2) is 34.9 Å². The molecule has 0 amide bonds. The maximum absolute atomic E-state index is 12.0. The van der Waals surface area contributed by atoms with Gasteiger partial charge in [0.05, 0.1) is 21.3 Å². The normalized spacial score (nSPS) is 13.7. The second-order valence-corrected chi connectivity index (χ2v) is 7.19. The molecule has 0 aliphatic heterocycles. The molecule has 0 aromatic rings. The Morgan fingerprint density at radius 2 is 1.41 bits per heavy atom. The lowest BCUT2D eigenvalue weighted by Gasteiger charge is -2.08. The van der Waals surface area contributed by atoms with Crippen molar-refractivity contribution in [3.63, 3.8) is 0 Å². The lowest BCUT2D eigenvalue weighted by atomic mass is 10.00. The molecule has 29 heavy (non-hydrogen) atoms. The topological polar surface area (TPSA) is 78.9 Å². The minimum atomic E-state index is -0.365. The van der Waals surface area contributed by atoms with Gasteiger partial charge in [-0.2, -0.15) is 0 Å². The fourth-order valence-electron chi connectivity index (χ4n) is 2.77. The predicted molar refractivity (Wildman–Crippen MR) is 113 cm³/mol. The van der Waals surface area contributed by atoms with E-state index in [0.717, 1.165) is 25.7 Å². The molecule has 0 heterocycles. The van der Waals surface area contributed by atoms with Gasteiger partial charge in [0.2, 0.25) is 0 Å². The fraction of sp³-hybridized carbons (Fsp3) is 0.609. The summed E-state index contributed by atoms with van der Waals surface area (Å²) >= 11 is 0. The fourth-order valence-corrected chi connectivity index (χ4v) is 2.77. The second-order valence-electron chi connectivity index (χ2n) is 7.19. The third kappa shape index (κ3) is 12.7. The number of hydrogen-bond acceptors (Lipinski definition) is 6. The standard InChI is InChI=1S/C23H36O6/c1-17(10-7-12-18(2)16-21(24)27-4)11-8-14-20(23(26)29-6)15-9-13-19(3)22(25)28-5/h10,13-14,18H,7-9,11-12,15-16H2,1-6H3. The Hall–Kier alpha value is -2.37. The van der Waals surface area contributed by atoms with E-state index in [2.05, 4.69) is 22.5 Å². The Kier molecular flexibility index (Phi) is 14.3. The second kappa shape index (κ2) is 15.5. The van der Waals surface area contributed by atoms with Crippen LogP contribution >= 0.6 is 0 Å². The van der Waals surface area contributed by atoms with Gasteiger partial charge in [0.25, 0.3) is 0 Å². The molecule has 0 aromatic carbocycles. The molecule has 6 nitrogen and oxygen atoms in total. The number of carbonyl (C=O) groups excluding carboxylic acids is 3. The smallest absolute Gasteiger partial charge is 0.333 e. The number of carbonyl (C=O) groups is 3. The predicted octanol–water partition coefficient (Wildman–Crippen LogP) is 4.69. The van der Waals surface area contributed by atoms with Crippen molar-refractivity contribution in [2.75, 3.05) is 21.3 Å². The molecule has 0 N–H and O–H groups in total. The molecule has 0 fully saturated rings. The van der Waals surface area contributed by atoms with Crippen LogP contribution in [0.2, 0.25) is 0 Å². The molecule has 164 valence electrons. The van der Waals surface area contributed by atoms with Crippen LogP contribution in [0.3, 0.4) is 0 Å². The number of ether oxygens (including phenoxy) is 3. The minimum absolute atomic E-state index is 0.171. The van der Waals surface area contributed by atoms with Gasteiger partial charge in [-0.05, 0) is 58.3 Å². The summed E-state index contributed by atoms with van der Waals surface area (Å²) < 4.78 is 14.2. The summed E-state index contributed by atoms with van der Waals surface area (Å²) in [5.41, 5.74) is 2.38. The summed E-state index contributed by atoms with van der Waals surface area (Å²) in [4.78, 5) is 34.6. The molecule has 1 atom stereocenters. The van der Waals surface area contributed by atoms with Crippen LogP contribution < -0.4 is 0 Å². The van der Waals surface area contributed by atoms with Gasteiger partial charge in [0.15, 0.2) is 0 Å². The van der Waals surface area contributed by atoms with E-state index in [4.69, 9.17) is 4.74 Å². The van der Waals surface area contributed by atoms with Gasteiger partial charge in [0, 0.05) is 17.6 Å². The van der Waals surface area contributed by atoms with Crippen molar-refractivity contribution < 1.29 is 28.6 Å². The number of hydrogen-bond donors (Lipinski definition) is 0. The molecular weight excluding hydrogens is 372 g/mol. The summed E-state index contributed by atoms with van der Waals surface area (Å²) in [5, 5.41) is 0. The van der Waals surface area contributed by atoms with Crippen LogP contribution in [0.1, 0.15) is 65.7 Å². The number of methoxy groups -OCH3 is 3. The van der Waals surface area contributed by atoms with E-state index in [0.29, 0.717) is 36.3 Å². The molecular formula is C23H36O6. The lowest BCUT2D eigenvalue weighted by molar-refractivity contribution is -0.141. The first-order valence-electron chi connectivity index (χ1n) is 9.99. The largest absolute Gasteiger partial charge is 0.469 e. The molecule has 0 aliphatic rings. The lowest BCUT2D eigenvalue weighted by Crippen LogP contribution is -2.06. The molecule has 0 aromatic heterocycles. The zero-order valence-electron chi connectivity index (χ0n) is 18.7. The Bertz CT molecular complexity index is 627. The Labute approximate surface area is 175 Å². The number of rotatable bonds is 13. The van der Waals surface area contributed by atoms with Crippen LogP contribution in [-0.4, -0.2) is 39.2 Å². The van der Waals surface area contributed by atoms with Gasteiger partial charge >= 0.3 is 17.9 Å². The van der Waals surface area contributed by atoms with E-state index >= 15 is 0 Å². The van der Waals surface area contributed by atoms with E-state index in [-0.39, 0.29) is 17.9 Å². The molecule has 6 heteroatoms. The van der Waals surface area contributed by atoms with Crippen LogP contribution in [-0.2, 0) is 28.6 Å². The summed E-state index contributed by atoms with van der Waals surface area (Å²) in [7, 11) is 4.12. The quantitative estimate of drug-likeness (QED) is 0.190. The third-order valence-electron chi connectivity index (χ3n) is 4.64. The average Bonchev–Trinajstić information content (AvgIpc) is 2.70. The van der Waals surface area contributed by atoms with Gasteiger partial charge < -0.3 is 14.2 Å². The first kappa shape index (κ1) is 26.6. The van der Waals surface area contributed by atoms with E-state index in [1.54, 1.807) is 13.0 Å². The molecule has 0 saturated carbocycles. The molecule has 0 aliphatic carbocycles. The maximum Gasteiger partial charge on any atom is 0.333 e. The van der Waals surface area contributed by atoms with E-state index < -0.39 is 0 Å². The van der Waals surface area contributed by atoms with Gasteiger partial charge in [-0.1, -0.05) is 30.7 Å². The number of allylic oxidation sites excluding steroid dienone is 4. The van der Waals surface area contributed by atoms with Crippen LogP contribution in [0.5, 0.6) is 0 Å². The SMILES string of the molecule is COC(=O)CC(C)CCC=C(C)CCC=C(CCC=C(C)C(=O)OC)C(=O)OC. The van der Waals surface area contributed by atoms with E-state index in [9.17, 15) is 14.4 Å². The highest BCUT2D eigenvalue weighted by molar-refractivity contribution is 5.89.